The van der Waals surface area contributed by atoms with E-state index in [0.29, 0.717) is 22.7 Å². The smallest absolute Gasteiger partial charge is 0.337 e. The fourth-order valence-electron chi connectivity index (χ4n) is 1.85. The standard InChI is InChI=1S/C15H13N3O3/c1-21-14-6-9(8-16)2-5-13(14)18-10-3-4-11(15(19)20)12(17)7-10/h2-7,18H,17H2,1H3,(H,19,20). The number of rotatable bonds is 4. The van der Waals surface area contributed by atoms with Gasteiger partial charge in [0.1, 0.15) is 5.75 Å². The zero-order valence-corrected chi connectivity index (χ0v) is 11.3. The minimum Gasteiger partial charge on any atom is -0.495 e. The maximum absolute atomic E-state index is 10.9. The number of nitrogen functional groups attached to an aromatic ring is 1. The van der Waals surface area contributed by atoms with Crippen LogP contribution in [0.2, 0.25) is 0 Å². The highest BCUT2D eigenvalue weighted by Crippen LogP contribution is 2.29. The molecular formula is C15H13N3O3. The fourth-order valence-corrected chi connectivity index (χ4v) is 1.85. The molecule has 4 N–H and O–H groups in total. The van der Waals surface area contributed by atoms with Crippen LogP contribution in [-0.2, 0) is 0 Å². The predicted molar refractivity (Wildman–Crippen MR) is 78.8 cm³/mol. The van der Waals surface area contributed by atoms with Gasteiger partial charge in [-0.2, -0.15) is 5.26 Å². The Balaban J connectivity index is 2.32. The van der Waals surface area contributed by atoms with Crippen LogP contribution in [0, 0.1) is 11.3 Å². The molecule has 0 fully saturated rings. The molecule has 106 valence electrons. The quantitative estimate of drug-likeness (QED) is 0.744. The highest BCUT2D eigenvalue weighted by molar-refractivity contribution is 5.94. The highest BCUT2D eigenvalue weighted by Gasteiger charge is 2.09. The summed E-state index contributed by atoms with van der Waals surface area (Å²) in [4.78, 5) is 10.9. The van der Waals surface area contributed by atoms with E-state index in [-0.39, 0.29) is 11.3 Å². The number of ether oxygens (including phenoxy) is 1. The number of methoxy groups -OCH3 is 1. The van der Waals surface area contributed by atoms with Crippen LogP contribution in [0.25, 0.3) is 0 Å². The maximum Gasteiger partial charge on any atom is 0.337 e. The van der Waals surface area contributed by atoms with Gasteiger partial charge in [0.2, 0.25) is 0 Å². The number of carboxylic acid groups (broad SMARTS) is 1. The summed E-state index contributed by atoms with van der Waals surface area (Å²) in [6.07, 6.45) is 0. The van der Waals surface area contributed by atoms with Crippen LogP contribution >= 0.6 is 0 Å². The van der Waals surface area contributed by atoms with E-state index in [4.69, 9.17) is 20.8 Å². The monoisotopic (exact) mass is 283 g/mol. The molecule has 2 aromatic carbocycles. The predicted octanol–water partition coefficient (Wildman–Crippen LogP) is 2.59. The van der Waals surface area contributed by atoms with Crippen LogP contribution < -0.4 is 15.8 Å². The Labute approximate surface area is 121 Å². The van der Waals surface area contributed by atoms with Crippen molar-refractivity contribution in [3.05, 3.63) is 47.5 Å². The summed E-state index contributed by atoms with van der Waals surface area (Å²) in [6, 6.07) is 11.6. The zero-order chi connectivity index (χ0) is 15.4. The number of aromatic carboxylic acids is 1. The van der Waals surface area contributed by atoms with Gasteiger partial charge in [0.25, 0.3) is 0 Å². The molecule has 0 atom stereocenters. The minimum absolute atomic E-state index is 0.0485. The van der Waals surface area contributed by atoms with Gasteiger partial charge in [-0.15, -0.1) is 0 Å². The van der Waals surface area contributed by atoms with Gasteiger partial charge in [0.15, 0.2) is 0 Å². The van der Waals surface area contributed by atoms with Gasteiger partial charge in [-0.3, -0.25) is 0 Å². The van der Waals surface area contributed by atoms with Crippen molar-refractivity contribution >= 4 is 23.0 Å². The first-order valence-corrected chi connectivity index (χ1v) is 6.03. The first kappa shape index (κ1) is 14.2. The summed E-state index contributed by atoms with van der Waals surface area (Å²) in [5.74, 6) is -0.565. The number of nitrogens with two attached hydrogens (primary N) is 1. The average molecular weight is 283 g/mol. The van der Waals surface area contributed by atoms with Gasteiger partial charge in [-0.25, -0.2) is 4.79 Å². The number of nitrogens with zero attached hydrogens (tertiary/aromatic N) is 1. The van der Waals surface area contributed by atoms with Gasteiger partial charge in [-0.05, 0) is 30.3 Å². The topological polar surface area (TPSA) is 108 Å². The van der Waals surface area contributed by atoms with Crippen LogP contribution in [0.3, 0.4) is 0 Å². The highest BCUT2D eigenvalue weighted by atomic mass is 16.5. The molecule has 6 heteroatoms. The van der Waals surface area contributed by atoms with Crippen molar-refractivity contribution in [2.45, 2.75) is 0 Å². The number of carboxylic acids is 1. The lowest BCUT2D eigenvalue weighted by molar-refractivity contribution is 0.0698. The number of carbonyl (C=O) groups is 1. The van der Waals surface area contributed by atoms with E-state index >= 15 is 0 Å². The summed E-state index contributed by atoms with van der Waals surface area (Å²) < 4.78 is 5.21. The normalized spacial score (nSPS) is 9.71. The Bertz CT molecular complexity index is 735. The summed E-state index contributed by atoms with van der Waals surface area (Å²) in [5, 5.41) is 20.9. The summed E-state index contributed by atoms with van der Waals surface area (Å²) in [5.41, 5.74) is 7.67. The van der Waals surface area contributed by atoms with Gasteiger partial charge in [0, 0.05) is 17.4 Å². The third-order valence-corrected chi connectivity index (χ3v) is 2.89. The van der Waals surface area contributed by atoms with Crippen LogP contribution in [0.15, 0.2) is 36.4 Å². The maximum atomic E-state index is 10.9. The largest absolute Gasteiger partial charge is 0.495 e. The van der Waals surface area contributed by atoms with Crippen LogP contribution in [-0.4, -0.2) is 18.2 Å². The second kappa shape index (κ2) is 5.84. The van der Waals surface area contributed by atoms with Crippen molar-refractivity contribution in [3.8, 4) is 11.8 Å². The molecule has 6 nitrogen and oxygen atoms in total. The van der Waals surface area contributed by atoms with E-state index in [9.17, 15) is 4.79 Å². The molecule has 21 heavy (non-hydrogen) atoms. The second-order valence-corrected chi connectivity index (χ2v) is 4.26. The van der Waals surface area contributed by atoms with Gasteiger partial charge in [0.05, 0.1) is 30.0 Å². The van der Waals surface area contributed by atoms with Crippen molar-refractivity contribution in [2.75, 3.05) is 18.2 Å². The summed E-state index contributed by atoms with van der Waals surface area (Å²) in [7, 11) is 1.50. The molecule has 0 radical (unpaired) electrons. The molecule has 0 saturated heterocycles. The second-order valence-electron chi connectivity index (χ2n) is 4.26. The molecule has 0 aromatic heterocycles. The number of hydrogen-bond acceptors (Lipinski definition) is 5. The molecule has 0 unspecified atom stereocenters. The summed E-state index contributed by atoms with van der Waals surface area (Å²) >= 11 is 0. The van der Waals surface area contributed by atoms with E-state index in [1.54, 1.807) is 24.3 Å². The van der Waals surface area contributed by atoms with E-state index in [1.807, 2.05) is 6.07 Å². The number of nitriles is 1. The van der Waals surface area contributed by atoms with Crippen LogP contribution in [0.5, 0.6) is 5.75 Å². The van der Waals surface area contributed by atoms with E-state index in [2.05, 4.69) is 5.32 Å². The molecule has 0 bridgehead atoms. The van der Waals surface area contributed by atoms with Crippen molar-refractivity contribution < 1.29 is 14.6 Å². The lowest BCUT2D eigenvalue weighted by Crippen LogP contribution is -2.03. The van der Waals surface area contributed by atoms with E-state index in [1.165, 1.54) is 19.2 Å². The molecule has 2 rings (SSSR count). The van der Waals surface area contributed by atoms with Crippen molar-refractivity contribution in [1.82, 2.24) is 0 Å². The first-order chi connectivity index (χ1) is 10.0. The SMILES string of the molecule is COc1cc(C#N)ccc1Nc1ccc(C(=O)O)c(N)c1. The molecule has 0 aliphatic carbocycles. The van der Waals surface area contributed by atoms with E-state index < -0.39 is 5.97 Å². The Kier molecular flexibility index (Phi) is 3.95. The molecule has 0 amide bonds. The Morgan fingerprint density at radius 1 is 1.33 bits per heavy atom. The Morgan fingerprint density at radius 2 is 2.10 bits per heavy atom. The molecule has 0 aliphatic heterocycles. The first-order valence-electron chi connectivity index (χ1n) is 6.03. The molecule has 0 spiro atoms. The average Bonchev–Trinajstić information content (AvgIpc) is 2.47. The van der Waals surface area contributed by atoms with Gasteiger partial charge < -0.3 is 20.9 Å². The van der Waals surface area contributed by atoms with Gasteiger partial charge >= 0.3 is 5.97 Å². The molecule has 0 aliphatic rings. The van der Waals surface area contributed by atoms with Crippen molar-refractivity contribution in [1.29, 1.82) is 5.26 Å². The summed E-state index contributed by atoms with van der Waals surface area (Å²) in [6.45, 7) is 0. The fraction of sp³-hybridized carbons (Fsp3) is 0.0667. The number of nitrogens with one attached hydrogen (secondary N) is 1. The minimum atomic E-state index is -1.07. The van der Waals surface area contributed by atoms with Crippen molar-refractivity contribution in [2.24, 2.45) is 0 Å². The van der Waals surface area contributed by atoms with Crippen LogP contribution in [0.4, 0.5) is 17.1 Å². The lowest BCUT2D eigenvalue weighted by atomic mass is 10.1. The number of hydrogen-bond donors (Lipinski definition) is 3. The van der Waals surface area contributed by atoms with Gasteiger partial charge in [-0.1, -0.05) is 0 Å². The lowest BCUT2D eigenvalue weighted by Gasteiger charge is -2.12. The molecule has 2 aromatic rings. The third-order valence-electron chi connectivity index (χ3n) is 2.89. The Hall–Kier alpha value is -3.20. The van der Waals surface area contributed by atoms with Crippen LogP contribution in [0.1, 0.15) is 15.9 Å². The number of benzene rings is 2. The number of anilines is 3. The zero-order valence-electron chi connectivity index (χ0n) is 11.3. The Morgan fingerprint density at radius 3 is 2.67 bits per heavy atom. The molecule has 0 heterocycles. The molecule has 0 saturated carbocycles. The van der Waals surface area contributed by atoms with E-state index in [0.717, 1.165) is 0 Å². The van der Waals surface area contributed by atoms with Crippen molar-refractivity contribution in [3.63, 3.8) is 0 Å². The molecular weight excluding hydrogens is 270 g/mol. The third kappa shape index (κ3) is 3.04.